The van der Waals surface area contributed by atoms with Crippen LogP contribution in [0.1, 0.15) is 25.0 Å². The van der Waals surface area contributed by atoms with Gasteiger partial charge in [0.2, 0.25) is 12.2 Å². The van der Waals surface area contributed by atoms with Gasteiger partial charge in [-0.15, -0.1) is 0 Å². The topological polar surface area (TPSA) is 189 Å². The van der Waals surface area contributed by atoms with Crippen molar-refractivity contribution in [3.05, 3.63) is 63.1 Å². The lowest BCUT2D eigenvalue weighted by molar-refractivity contribution is -0.155. The molecule has 2 aromatic rings. The van der Waals surface area contributed by atoms with Gasteiger partial charge in [-0.25, -0.2) is 4.39 Å². The molecule has 1 saturated carbocycles. The van der Waals surface area contributed by atoms with Crippen LogP contribution in [0.25, 0.3) is 6.08 Å². The number of nitrogens with one attached hydrogen (secondary N) is 1. The molecule has 1 amide bonds. The molecule has 0 radical (unpaired) electrons. The molecule has 0 aromatic heterocycles. The second-order valence-corrected chi connectivity index (χ2v) is 12.0. The first-order valence-corrected chi connectivity index (χ1v) is 15.0. The lowest BCUT2D eigenvalue weighted by Gasteiger charge is -2.41. The number of benzene rings is 2. The number of phenolic OH excluding ortho intramolecular Hbond substituents is 1. The minimum atomic E-state index is -1.99. The summed E-state index contributed by atoms with van der Waals surface area (Å²) in [6, 6.07) is 7.67. The molecule has 2 aromatic carbocycles. The first kappa shape index (κ1) is 34.3. The highest BCUT2D eigenvalue weighted by Crippen LogP contribution is 2.34. The zero-order valence-corrected chi connectivity index (χ0v) is 26.0. The highest BCUT2D eigenvalue weighted by molar-refractivity contribution is 6.35. The minimum Gasteiger partial charge on any atom is -0.504 e. The minimum absolute atomic E-state index is 0.0101. The van der Waals surface area contributed by atoms with Crippen molar-refractivity contribution in [2.45, 2.75) is 81.7 Å². The van der Waals surface area contributed by atoms with E-state index < -0.39 is 72.9 Å². The third kappa shape index (κ3) is 7.25. The monoisotopic (exact) mass is 686 g/mol. The van der Waals surface area contributed by atoms with Gasteiger partial charge in [-0.2, -0.15) is 0 Å². The number of alkyl halides is 1. The number of carbonyl (C=O) groups is 1. The smallest absolute Gasteiger partial charge is 0.247 e. The van der Waals surface area contributed by atoms with E-state index in [1.54, 1.807) is 18.2 Å². The van der Waals surface area contributed by atoms with Crippen LogP contribution in [-0.2, 0) is 30.4 Å². The number of phenols is 1. The average molecular weight is 688 g/mol. The summed E-state index contributed by atoms with van der Waals surface area (Å²) in [6.45, 7) is 2.77. The summed E-state index contributed by atoms with van der Waals surface area (Å²) in [4.78, 5) is 18.1. The van der Waals surface area contributed by atoms with Gasteiger partial charge < -0.3 is 54.6 Å². The molecule has 0 spiro atoms. The van der Waals surface area contributed by atoms with Crippen molar-refractivity contribution in [2.75, 3.05) is 6.79 Å². The number of ether oxygens (including phenoxy) is 4. The van der Waals surface area contributed by atoms with Gasteiger partial charge in [-0.3, -0.25) is 4.79 Å². The number of fused-ring (bicyclic) bond motifs is 1. The fourth-order valence-corrected chi connectivity index (χ4v) is 5.81. The normalized spacial score (nSPS) is 33.1. The Morgan fingerprint density at radius 3 is 2.46 bits per heavy atom. The summed E-state index contributed by atoms with van der Waals surface area (Å²) in [6.07, 6.45) is -11.1. The van der Waals surface area contributed by atoms with Gasteiger partial charge in [-0.05, 0) is 49.8 Å². The lowest BCUT2D eigenvalue weighted by Crippen LogP contribution is -2.67. The van der Waals surface area contributed by atoms with Crippen LogP contribution < -0.4 is 10.1 Å². The van der Waals surface area contributed by atoms with Crippen molar-refractivity contribution in [2.24, 2.45) is 5.16 Å². The molecule has 2 heterocycles. The number of aliphatic hydroxyl groups is 4. The first-order chi connectivity index (χ1) is 21.8. The van der Waals surface area contributed by atoms with Crippen LogP contribution in [0.3, 0.4) is 0 Å². The van der Waals surface area contributed by atoms with Crippen LogP contribution in [0, 0.1) is 0 Å². The highest BCUT2D eigenvalue weighted by atomic mass is 35.5. The molecule has 0 unspecified atom stereocenters. The summed E-state index contributed by atoms with van der Waals surface area (Å²) in [5.41, 5.74) is 1.24. The Labute approximate surface area is 272 Å². The zero-order chi connectivity index (χ0) is 33.3. The van der Waals surface area contributed by atoms with Crippen molar-refractivity contribution in [3.8, 4) is 11.5 Å². The number of hydrogen-bond donors (Lipinski definition) is 6. The third-order valence-corrected chi connectivity index (χ3v) is 8.49. The predicted octanol–water partition coefficient (Wildman–Crippen LogP) is 1.82. The Bertz CT molecular complexity index is 1500. The molecule has 5 rings (SSSR count). The molecule has 3 aliphatic rings. The molecule has 3 fully saturated rings. The number of carbonyl (C=O) groups excluding carboxylic acids is 1. The molecular weight excluding hydrogens is 654 g/mol. The predicted molar refractivity (Wildman–Crippen MR) is 161 cm³/mol. The first-order valence-electron chi connectivity index (χ1n) is 14.2. The second kappa shape index (κ2) is 14.4. The molecule has 6 N–H and O–H groups in total. The van der Waals surface area contributed by atoms with Crippen LogP contribution in [0.5, 0.6) is 11.5 Å². The summed E-state index contributed by atoms with van der Waals surface area (Å²) in [7, 11) is 0. The molecule has 46 heavy (non-hydrogen) atoms. The quantitative estimate of drug-likeness (QED) is 0.128. The Morgan fingerprint density at radius 2 is 1.76 bits per heavy atom. The third-order valence-electron chi connectivity index (χ3n) is 7.90. The van der Waals surface area contributed by atoms with E-state index in [-0.39, 0.29) is 30.4 Å². The maximum absolute atomic E-state index is 14.9. The maximum atomic E-state index is 14.9. The summed E-state index contributed by atoms with van der Waals surface area (Å²) >= 11 is 12.0. The van der Waals surface area contributed by atoms with Crippen molar-refractivity contribution in [3.63, 3.8) is 0 Å². The summed E-state index contributed by atoms with van der Waals surface area (Å²) in [5, 5.41) is 59.6. The van der Waals surface area contributed by atoms with Gasteiger partial charge in [0, 0.05) is 21.2 Å². The standard InChI is InChI=1S/C30H33Cl2FN2O11/c1-12(29(41)34-21-23(38)25(40)28-27(24(21)39)42-11-43-28)7-14-3-6-19(18(36)8-14)45-30-20(33)22(37)26(46-30)13(2)35-44-10-15-4-5-16(31)9-17(15)32/h3-9,20-28,30,36-40H,10-11H2,1-2H3,(H,34,41)/t20-,21-,22+,23+,24-,25-,26-,27+,28-,30-/m1/s1. The summed E-state index contributed by atoms with van der Waals surface area (Å²) < 4.78 is 36.5. The largest absolute Gasteiger partial charge is 0.504 e. The summed E-state index contributed by atoms with van der Waals surface area (Å²) in [5.74, 6) is -1.22. The van der Waals surface area contributed by atoms with E-state index in [0.717, 1.165) is 0 Å². The van der Waals surface area contributed by atoms with E-state index in [2.05, 4.69) is 10.5 Å². The second-order valence-electron chi connectivity index (χ2n) is 11.1. The van der Waals surface area contributed by atoms with Crippen LogP contribution in [0.4, 0.5) is 4.39 Å². The van der Waals surface area contributed by atoms with Crippen molar-refractivity contribution < 1.29 is 58.5 Å². The molecule has 2 aliphatic heterocycles. The van der Waals surface area contributed by atoms with Crippen LogP contribution in [0.15, 0.2) is 47.1 Å². The molecular formula is C30H33Cl2FN2O11. The highest BCUT2D eigenvalue weighted by Gasteiger charge is 2.53. The molecule has 13 nitrogen and oxygen atoms in total. The Morgan fingerprint density at radius 1 is 1.04 bits per heavy atom. The number of amides is 1. The number of halogens is 3. The Kier molecular flexibility index (Phi) is 10.7. The molecule has 2 saturated heterocycles. The van der Waals surface area contributed by atoms with Crippen molar-refractivity contribution in [1.82, 2.24) is 5.32 Å². The van der Waals surface area contributed by atoms with E-state index >= 15 is 0 Å². The van der Waals surface area contributed by atoms with E-state index in [4.69, 9.17) is 47.0 Å². The molecule has 10 atom stereocenters. The number of hydrogen-bond acceptors (Lipinski definition) is 12. The van der Waals surface area contributed by atoms with Gasteiger partial charge in [0.1, 0.15) is 56.1 Å². The van der Waals surface area contributed by atoms with Gasteiger partial charge in [0.05, 0.1) is 11.8 Å². The zero-order valence-electron chi connectivity index (χ0n) is 24.5. The SMILES string of the molecule is CC(=Cc1ccc(O[C@@H]2O[C@H](C(C)=NOCc3ccc(Cl)cc3Cl)[C@@H](O)[C@H]2F)c(O)c1)C(=O)N[C@@H]1[C@H](O)[C@@H](O)[C@H]2OCO[C@H]2[C@@H]1O. The van der Waals surface area contributed by atoms with Gasteiger partial charge in [0.25, 0.3) is 0 Å². The van der Waals surface area contributed by atoms with Gasteiger partial charge in [-0.1, -0.05) is 40.5 Å². The molecule has 0 bridgehead atoms. The maximum Gasteiger partial charge on any atom is 0.247 e. The fourth-order valence-electron chi connectivity index (χ4n) is 5.35. The number of aromatic hydroxyl groups is 1. The average Bonchev–Trinajstić information content (AvgIpc) is 3.62. The number of rotatable bonds is 9. The van der Waals surface area contributed by atoms with E-state index in [1.165, 1.54) is 38.1 Å². The molecule has 16 heteroatoms. The van der Waals surface area contributed by atoms with Crippen LogP contribution in [-0.4, -0.2) is 105 Å². The van der Waals surface area contributed by atoms with Crippen molar-refractivity contribution in [1.29, 1.82) is 0 Å². The number of nitrogens with zero attached hydrogens (tertiary/aromatic N) is 1. The van der Waals surface area contributed by atoms with E-state index in [9.17, 15) is 34.7 Å². The van der Waals surface area contributed by atoms with Crippen LogP contribution >= 0.6 is 23.2 Å². The van der Waals surface area contributed by atoms with Gasteiger partial charge >= 0.3 is 0 Å². The van der Waals surface area contributed by atoms with Crippen molar-refractivity contribution >= 4 is 40.9 Å². The lowest BCUT2D eigenvalue weighted by atomic mass is 9.83. The van der Waals surface area contributed by atoms with Crippen LogP contribution in [0.2, 0.25) is 10.0 Å². The van der Waals surface area contributed by atoms with Gasteiger partial charge in [0.15, 0.2) is 17.7 Å². The fraction of sp³-hybridized carbons (Fsp3) is 0.467. The van der Waals surface area contributed by atoms with E-state index in [0.29, 0.717) is 21.2 Å². The van der Waals surface area contributed by atoms with E-state index in [1.807, 2.05) is 0 Å². The molecule has 250 valence electrons. The Balaban J connectivity index is 1.18. The molecule has 1 aliphatic carbocycles. The number of oxime groups is 1. The number of aliphatic hydroxyl groups excluding tert-OH is 4. The Hall–Kier alpha value is -3.05.